The van der Waals surface area contributed by atoms with Gasteiger partial charge in [0.05, 0.1) is 18.2 Å². The van der Waals surface area contributed by atoms with Gasteiger partial charge in [-0.25, -0.2) is 9.59 Å². The molecular weight excluding hydrogens is 388 g/mol. The number of fused-ring (bicyclic) bond motifs is 1. The second kappa shape index (κ2) is 6.57. The van der Waals surface area contributed by atoms with E-state index in [-0.39, 0.29) is 16.7 Å². The van der Waals surface area contributed by atoms with E-state index < -0.39 is 11.9 Å². The lowest BCUT2D eigenvalue weighted by Crippen LogP contribution is -2.08. The molecule has 3 aromatic carbocycles. The molecule has 0 bridgehead atoms. The van der Waals surface area contributed by atoms with E-state index in [2.05, 4.69) is 15.9 Å². The first-order chi connectivity index (χ1) is 11.9. The number of carboxylic acids is 2. The molecule has 0 saturated carbocycles. The summed E-state index contributed by atoms with van der Waals surface area (Å²) in [5, 5.41) is 20.8. The Morgan fingerprint density at radius 3 is 2.24 bits per heavy atom. The molecule has 5 nitrogen and oxygen atoms in total. The number of aromatic carboxylic acids is 2. The first-order valence-electron chi connectivity index (χ1n) is 7.29. The van der Waals surface area contributed by atoms with Gasteiger partial charge < -0.3 is 14.9 Å². The molecule has 0 aliphatic rings. The van der Waals surface area contributed by atoms with Crippen LogP contribution in [0.2, 0.25) is 0 Å². The molecule has 0 heterocycles. The minimum absolute atomic E-state index is 0.0616. The number of halogens is 1. The topological polar surface area (TPSA) is 83.8 Å². The third-order valence-electron chi connectivity index (χ3n) is 3.93. The highest BCUT2D eigenvalue weighted by Crippen LogP contribution is 2.35. The molecule has 0 radical (unpaired) electrons. The molecule has 0 spiro atoms. The number of carboxylic acid groups (broad SMARTS) is 2. The van der Waals surface area contributed by atoms with E-state index in [1.807, 2.05) is 18.2 Å². The molecule has 25 heavy (non-hydrogen) atoms. The number of methoxy groups -OCH3 is 1. The van der Waals surface area contributed by atoms with Crippen LogP contribution in [0, 0.1) is 0 Å². The number of rotatable bonds is 4. The van der Waals surface area contributed by atoms with Gasteiger partial charge in [0.25, 0.3) is 0 Å². The lowest BCUT2D eigenvalue weighted by Gasteiger charge is -2.13. The van der Waals surface area contributed by atoms with Crippen LogP contribution in [0.3, 0.4) is 0 Å². The van der Waals surface area contributed by atoms with Crippen molar-refractivity contribution in [3.8, 4) is 16.9 Å². The molecule has 2 N–H and O–H groups in total. The summed E-state index contributed by atoms with van der Waals surface area (Å²) >= 11 is 3.21. The Morgan fingerprint density at radius 2 is 1.60 bits per heavy atom. The SMILES string of the molecule is COc1ccc2cc(-c3c(C(=O)O)ccc(Br)c3C(=O)O)ccc2c1. The van der Waals surface area contributed by atoms with E-state index >= 15 is 0 Å². The summed E-state index contributed by atoms with van der Waals surface area (Å²) in [5.41, 5.74) is 0.557. The lowest BCUT2D eigenvalue weighted by atomic mass is 9.92. The molecule has 3 rings (SSSR count). The Kier molecular flexibility index (Phi) is 4.46. The minimum Gasteiger partial charge on any atom is -0.497 e. The van der Waals surface area contributed by atoms with Gasteiger partial charge in [-0.15, -0.1) is 0 Å². The van der Waals surface area contributed by atoms with Crippen molar-refractivity contribution in [2.45, 2.75) is 0 Å². The molecule has 126 valence electrons. The second-order valence-corrected chi connectivity index (χ2v) is 6.24. The summed E-state index contributed by atoms with van der Waals surface area (Å²) in [6.07, 6.45) is 0. The zero-order chi connectivity index (χ0) is 18.1. The van der Waals surface area contributed by atoms with E-state index in [1.165, 1.54) is 12.1 Å². The number of hydrogen-bond acceptors (Lipinski definition) is 3. The van der Waals surface area contributed by atoms with E-state index in [4.69, 9.17) is 4.74 Å². The third-order valence-corrected chi connectivity index (χ3v) is 4.60. The van der Waals surface area contributed by atoms with Crippen LogP contribution in [-0.4, -0.2) is 29.3 Å². The zero-order valence-electron chi connectivity index (χ0n) is 13.1. The van der Waals surface area contributed by atoms with Crippen molar-refractivity contribution in [2.75, 3.05) is 7.11 Å². The smallest absolute Gasteiger partial charge is 0.337 e. The van der Waals surface area contributed by atoms with Crippen molar-refractivity contribution >= 4 is 38.6 Å². The molecule has 0 aliphatic heterocycles. The predicted molar refractivity (Wildman–Crippen MR) is 97.6 cm³/mol. The maximum absolute atomic E-state index is 11.7. The van der Waals surface area contributed by atoms with E-state index in [1.54, 1.807) is 25.3 Å². The lowest BCUT2D eigenvalue weighted by molar-refractivity contribution is 0.0695. The van der Waals surface area contributed by atoms with Gasteiger partial charge >= 0.3 is 11.9 Å². The number of ether oxygens (including phenoxy) is 1. The fourth-order valence-corrected chi connectivity index (χ4v) is 3.27. The molecule has 0 fully saturated rings. The fourth-order valence-electron chi connectivity index (χ4n) is 2.77. The Hall–Kier alpha value is -2.86. The van der Waals surface area contributed by atoms with Gasteiger partial charge in [0, 0.05) is 10.0 Å². The van der Waals surface area contributed by atoms with Crippen molar-refractivity contribution in [1.29, 1.82) is 0 Å². The molecule has 3 aromatic rings. The van der Waals surface area contributed by atoms with Crippen LogP contribution in [0.4, 0.5) is 0 Å². The Labute approximate surface area is 151 Å². The maximum Gasteiger partial charge on any atom is 0.337 e. The zero-order valence-corrected chi connectivity index (χ0v) is 14.7. The van der Waals surface area contributed by atoms with Crippen LogP contribution in [0.1, 0.15) is 20.7 Å². The van der Waals surface area contributed by atoms with Crippen molar-refractivity contribution in [2.24, 2.45) is 0 Å². The summed E-state index contributed by atoms with van der Waals surface area (Å²) in [6, 6.07) is 13.6. The monoisotopic (exact) mass is 400 g/mol. The highest BCUT2D eigenvalue weighted by Gasteiger charge is 2.22. The van der Waals surface area contributed by atoms with Crippen LogP contribution < -0.4 is 4.74 Å². The largest absolute Gasteiger partial charge is 0.497 e. The third kappa shape index (κ3) is 3.08. The maximum atomic E-state index is 11.7. The second-order valence-electron chi connectivity index (χ2n) is 5.38. The normalized spacial score (nSPS) is 10.6. The molecule has 0 saturated heterocycles. The minimum atomic E-state index is -1.19. The summed E-state index contributed by atoms with van der Waals surface area (Å²) in [5.74, 6) is -1.67. The van der Waals surface area contributed by atoms with Gasteiger partial charge in [0.1, 0.15) is 5.75 Å². The Balaban J connectivity index is 2.31. The predicted octanol–water partition coefficient (Wildman–Crippen LogP) is 4.67. The van der Waals surface area contributed by atoms with Crippen LogP contribution in [-0.2, 0) is 0 Å². The van der Waals surface area contributed by atoms with E-state index in [0.29, 0.717) is 15.8 Å². The summed E-state index contributed by atoms with van der Waals surface area (Å²) in [4.78, 5) is 23.3. The molecule has 6 heteroatoms. The molecule has 0 atom stereocenters. The van der Waals surface area contributed by atoms with Gasteiger partial charge in [-0.1, -0.05) is 18.2 Å². The highest BCUT2D eigenvalue weighted by molar-refractivity contribution is 9.10. The van der Waals surface area contributed by atoms with Gasteiger partial charge in [-0.3, -0.25) is 0 Å². The van der Waals surface area contributed by atoms with E-state index in [9.17, 15) is 19.8 Å². The number of hydrogen-bond donors (Lipinski definition) is 2. The highest BCUT2D eigenvalue weighted by atomic mass is 79.9. The van der Waals surface area contributed by atoms with Gasteiger partial charge in [0.2, 0.25) is 0 Å². The summed E-state index contributed by atoms with van der Waals surface area (Å²) in [7, 11) is 1.58. The average Bonchev–Trinajstić information content (AvgIpc) is 2.59. The van der Waals surface area contributed by atoms with Crippen molar-refractivity contribution < 1.29 is 24.5 Å². The summed E-state index contributed by atoms with van der Waals surface area (Å²) in [6.45, 7) is 0. The van der Waals surface area contributed by atoms with Crippen molar-refractivity contribution in [1.82, 2.24) is 0 Å². The van der Waals surface area contributed by atoms with Gasteiger partial charge in [-0.05, 0) is 62.6 Å². The van der Waals surface area contributed by atoms with Gasteiger partial charge in [0.15, 0.2) is 0 Å². The van der Waals surface area contributed by atoms with Crippen molar-refractivity contribution in [3.63, 3.8) is 0 Å². The molecule has 0 aromatic heterocycles. The Bertz CT molecular complexity index is 1010. The van der Waals surface area contributed by atoms with E-state index in [0.717, 1.165) is 10.8 Å². The molecule has 0 unspecified atom stereocenters. The Morgan fingerprint density at radius 1 is 0.920 bits per heavy atom. The standard InChI is InChI=1S/C19H13BrO5/c1-25-13-5-4-10-8-12(3-2-11(10)9-13)16-14(18(21)22)6-7-15(20)17(16)19(23)24/h2-9H,1H3,(H,21,22)(H,23,24). The first kappa shape index (κ1) is 17.0. The van der Waals surface area contributed by atoms with Crippen LogP contribution in [0.15, 0.2) is 53.0 Å². The summed E-state index contributed by atoms with van der Waals surface area (Å²) < 4.78 is 5.52. The quantitative estimate of drug-likeness (QED) is 0.664. The fraction of sp³-hybridized carbons (Fsp3) is 0.0526. The van der Waals surface area contributed by atoms with Crippen LogP contribution in [0.5, 0.6) is 5.75 Å². The van der Waals surface area contributed by atoms with Gasteiger partial charge in [-0.2, -0.15) is 0 Å². The molecular formula is C19H13BrO5. The number of carbonyl (C=O) groups is 2. The molecule has 0 amide bonds. The molecule has 0 aliphatic carbocycles. The average molecular weight is 401 g/mol. The first-order valence-corrected chi connectivity index (χ1v) is 8.09. The van der Waals surface area contributed by atoms with Crippen molar-refractivity contribution in [3.05, 3.63) is 64.1 Å². The number of benzene rings is 3. The van der Waals surface area contributed by atoms with Crippen LogP contribution in [0.25, 0.3) is 21.9 Å². The van der Waals surface area contributed by atoms with Crippen LogP contribution >= 0.6 is 15.9 Å².